The Bertz CT molecular complexity index is 421. The van der Waals surface area contributed by atoms with Gasteiger partial charge in [-0.1, -0.05) is 19.1 Å². The Labute approximate surface area is 127 Å². The van der Waals surface area contributed by atoms with E-state index in [9.17, 15) is 5.11 Å². The predicted octanol–water partition coefficient (Wildman–Crippen LogP) is 2.23. The quantitative estimate of drug-likeness (QED) is 0.721. The van der Waals surface area contributed by atoms with Crippen LogP contribution in [0, 0.1) is 0 Å². The van der Waals surface area contributed by atoms with Crippen LogP contribution in [-0.4, -0.2) is 35.0 Å². The van der Waals surface area contributed by atoms with Crippen LogP contribution in [0.1, 0.15) is 44.6 Å². The summed E-state index contributed by atoms with van der Waals surface area (Å²) in [5.41, 5.74) is 0.699. The summed E-state index contributed by atoms with van der Waals surface area (Å²) in [6, 6.07) is 7.57. The highest BCUT2D eigenvalue weighted by Gasteiger charge is 2.36. The van der Waals surface area contributed by atoms with Crippen molar-refractivity contribution < 1.29 is 14.9 Å². The third-order valence-corrected chi connectivity index (χ3v) is 4.26. The second-order valence-corrected chi connectivity index (χ2v) is 6.00. The molecule has 0 aromatic heterocycles. The van der Waals surface area contributed by atoms with Gasteiger partial charge in [-0.3, -0.25) is 0 Å². The number of hydrogen-bond acceptors (Lipinski definition) is 4. The molecule has 2 rings (SSSR count). The van der Waals surface area contributed by atoms with Gasteiger partial charge in [0.2, 0.25) is 0 Å². The highest BCUT2D eigenvalue weighted by Crippen LogP contribution is 2.31. The molecule has 0 radical (unpaired) electrons. The normalized spacial score (nSPS) is 25.8. The van der Waals surface area contributed by atoms with E-state index >= 15 is 0 Å². The summed E-state index contributed by atoms with van der Waals surface area (Å²) in [6.45, 7) is 3.28. The van der Waals surface area contributed by atoms with E-state index in [4.69, 9.17) is 9.84 Å². The zero-order chi connectivity index (χ0) is 15.1. The van der Waals surface area contributed by atoms with Gasteiger partial charge in [-0.2, -0.15) is 0 Å². The molecule has 4 nitrogen and oxygen atoms in total. The summed E-state index contributed by atoms with van der Waals surface area (Å²) >= 11 is 0. The summed E-state index contributed by atoms with van der Waals surface area (Å²) in [5, 5.41) is 22.3. The minimum Gasteiger partial charge on any atom is -0.490 e. The number of benzene rings is 1. The second kappa shape index (κ2) is 7.78. The van der Waals surface area contributed by atoms with Crippen molar-refractivity contribution in [3.05, 3.63) is 29.8 Å². The van der Waals surface area contributed by atoms with E-state index in [1.54, 1.807) is 0 Å². The first-order valence-corrected chi connectivity index (χ1v) is 7.94. The molecule has 1 fully saturated rings. The minimum atomic E-state index is -0.191. The maximum Gasteiger partial charge on any atom is 0.119 e. The Morgan fingerprint density at radius 3 is 2.67 bits per heavy atom. The van der Waals surface area contributed by atoms with Gasteiger partial charge in [-0.15, -0.1) is 0 Å². The number of ether oxygens (including phenoxy) is 1. The van der Waals surface area contributed by atoms with Gasteiger partial charge in [0, 0.05) is 12.0 Å². The van der Waals surface area contributed by atoms with E-state index in [2.05, 4.69) is 12.2 Å². The highest BCUT2D eigenvalue weighted by molar-refractivity contribution is 5.27. The fraction of sp³-hybridized carbons (Fsp3) is 0.647. The molecular formula is C17H27NO3. The second-order valence-electron chi connectivity index (χ2n) is 6.00. The number of nitrogens with one attached hydrogen (secondary N) is 1. The van der Waals surface area contributed by atoms with E-state index in [0.717, 1.165) is 50.0 Å². The topological polar surface area (TPSA) is 61.7 Å². The predicted molar refractivity (Wildman–Crippen MR) is 83.4 cm³/mol. The van der Waals surface area contributed by atoms with Crippen LogP contribution in [0.3, 0.4) is 0 Å². The highest BCUT2D eigenvalue weighted by atomic mass is 16.5. The monoisotopic (exact) mass is 293 g/mol. The number of hydrogen-bond donors (Lipinski definition) is 3. The third kappa shape index (κ3) is 4.43. The van der Waals surface area contributed by atoms with E-state index < -0.39 is 0 Å². The zero-order valence-electron chi connectivity index (χ0n) is 12.8. The van der Waals surface area contributed by atoms with Crippen LogP contribution < -0.4 is 10.1 Å². The first kappa shape index (κ1) is 16.3. The smallest absolute Gasteiger partial charge is 0.119 e. The van der Waals surface area contributed by atoms with Crippen LogP contribution >= 0.6 is 0 Å². The molecule has 1 aliphatic rings. The van der Waals surface area contributed by atoms with Gasteiger partial charge in [-0.05, 0) is 49.9 Å². The van der Waals surface area contributed by atoms with Crippen molar-refractivity contribution in [1.29, 1.82) is 0 Å². The van der Waals surface area contributed by atoms with E-state index in [1.165, 1.54) is 0 Å². The SMILES string of the molecule is CCCNC1(CO)CCCC(Oc2ccc(CO)cc2)C1. The van der Waals surface area contributed by atoms with E-state index in [-0.39, 0.29) is 24.9 Å². The van der Waals surface area contributed by atoms with Gasteiger partial charge in [0.15, 0.2) is 0 Å². The number of rotatable bonds is 7. The average Bonchev–Trinajstić information content (AvgIpc) is 2.54. The standard InChI is InChI=1S/C17H27NO3/c1-2-10-18-17(13-20)9-3-4-16(11-17)21-15-7-5-14(12-19)6-8-15/h5-8,16,18-20H,2-4,9-13H2,1H3. The van der Waals surface area contributed by atoms with Crippen molar-refractivity contribution in [3.8, 4) is 5.75 Å². The number of aliphatic hydroxyl groups is 2. The fourth-order valence-corrected chi connectivity index (χ4v) is 3.02. The Balaban J connectivity index is 1.96. The lowest BCUT2D eigenvalue weighted by Gasteiger charge is -2.40. The Morgan fingerprint density at radius 2 is 2.05 bits per heavy atom. The van der Waals surface area contributed by atoms with Crippen molar-refractivity contribution in [2.24, 2.45) is 0 Å². The van der Waals surface area contributed by atoms with Gasteiger partial charge in [0.25, 0.3) is 0 Å². The molecule has 0 amide bonds. The molecule has 0 aliphatic heterocycles. The summed E-state index contributed by atoms with van der Waals surface area (Å²) in [6.07, 6.45) is 5.14. The van der Waals surface area contributed by atoms with Crippen LogP contribution in [0.2, 0.25) is 0 Å². The van der Waals surface area contributed by atoms with Crippen LogP contribution in [0.25, 0.3) is 0 Å². The molecule has 1 aliphatic carbocycles. The first-order chi connectivity index (χ1) is 10.2. The average molecular weight is 293 g/mol. The van der Waals surface area contributed by atoms with Crippen LogP contribution in [0.5, 0.6) is 5.75 Å². The van der Waals surface area contributed by atoms with Crippen molar-refractivity contribution in [1.82, 2.24) is 5.32 Å². The molecule has 4 heteroatoms. The van der Waals surface area contributed by atoms with Crippen LogP contribution in [-0.2, 0) is 6.61 Å². The molecule has 0 saturated heterocycles. The largest absolute Gasteiger partial charge is 0.490 e. The maximum atomic E-state index is 9.77. The molecule has 3 N–H and O–H groups in total. The summed E-state index contributed by atoms with van der Waals surface area (Å²) in [5.74, 6) is 0.835. The van der Waals surface area contributed by atoms with Crippen molar-refractivity contribution >= 4 is 0 Å². The number of aliphatic hydroxyl groups excluding tert-OH is 2. The molecule has 2 atom stereocenters. The Hall–Kier alpha value is -1.10. The third-order valence-electron chi connectivity index (χ3n) is 4.26. The lowest BCUT2D eigenvalue weighted by atomic mass is 9.80. The molecule has 0 spiro atoms. The van der Waals surface area contributed by atoms with E-state index in [1.807, 2.05) is 24.3 Å². The van der Waals surface area contributed by atoms with E-state index in [0.29, 0.717) is 0 Å². The zero-order valence-corrected chi connectivity index (χ0v) is 12.8. The lowest BCUT2D eigenvalue weighted by Crippen LogP contribution is -2.53. The molecule has 2 unspecified atom stereocenters. The van der Waals surface area contributed by atoms with Gasteiger partial charge in [-0.25, -0.2) is 0 Å². The van der Waals surface area contributed by atoms with Crippen molar-refractivity contribution in [2.45, 2.75) is 57.3 Å². The van der Waals surface area contributed by atoms with Crippen molar-refractivity contribution in [2.75, 3.05) is 13.2 Å². The summed E-state index contributed by atoms with van der Waals surface area (Å²) in [7, 11) is 0. The minimum absolute atomic E-state index is 0.0538. The molecule has 1 aromatic rings. The van der Waals surface area contributed by atoms with Gasteiger partial charge >= 0.3 is 0 Å². The molecule has 1 saturated carbocycles. The van der Waals surface area contributed by atoms with Gasteiger partial charge in [0.1, 0.15) is 11.9 Å². The van der Waals surface area contributed by atoms with Gasteiger partial charge < -0.3 is 20.3 Å². The maximum absolute atomic E-state index is 9.77. The summed E-state index contributed by atoms with van der Waals surface area (Å²) < 4.78 is 6.06. The lowest BCUT2D eigenvalue weighted by molar-refractivity contribution is 0.0511. The Morgan fingerprint density at radius 1 is 1.29 bits per heavy atom. The molecule has 0 bridgehead atoms. The molecule has 118 valence electrons. The van der Waals surface area contributed by atoms with Gasteiger partial charge in [0.05, 0.1) is 13.2 Å². The van der Waals surface area contributed by atoms with Crippen LogP contribution in [0.15, 0.2) is 24.3 Å². The summed E-state index contributed by atoms with van der Waals surface area (Å²) in [4.78, 5) is 0. The molecular weight excluding hydrogens is 266 g/mol. The first-order valence-electron chi connectivity index (χ1n) is 7.94. The molecule has 1 aromatic carbocycles. The fourth-order valence-electron chi connectivity index (χ4n) is 3.02. The Kier molecular flexibility index (Phi) is 6.03. The molecule has 0 heterocycles. The molecule has 21 heavy (non-hydrogen) atoms. The van der Waals surface area contributed by atoms with Crippen LogP contribution in [0.4, 0.5) is 0 Å². The van der Waals surface area contributed by atoms with Crippen molar-refractivity contribution in [3.63, 3.8) is 0 Å².